The van der Waals surface area contributed by atoms with Gasteiger partial charge in [0.15, 0.2) is 0 Å². The SMILES string of the molecule is CCCC(c1cc(C)c(O)cc1C)c1cc(C)c(O)cc1C.CCCCCCOC(=O)CCCC(C)(C)c1cc(O)c(C)cc1O. The molecule has 0 spiro atoms. The van der Waals surface area contributed by atoms with Crippen LogP contribution in [0.2, 0.25) is 0 Å². The highest BCUT2D eigenvalue weighted by atomic mass is 16.5. The number of ether oxygens (including phenoxy) is 1. The Morgan fingerprint density at radius 3 is 1.67 bits per heavy atom. The van der Waals surface area contributed by atoms with E-state index >= 15 is 0 Å². The van der Waals surface area contributed by atoms with Crippen LogP contribution in [0, 0.1) is 34.6 Å². The predicted octanol–water partition coefficient (Wildman–Crippen LogP) is 10.2. The molecule has 254 valence electrons. The maximum Gasteiger partial charge on any atom is 0.305 e. The third-order valence-corrected chi connectivity index (χ3v) is 8.98. The molecule has 3 aromatic carbocycles. The number of hydrogen-bond donors (Lipinski definition) is 4. The van der Waals surface area contributed by atoms with Gasteiger partial charge in [-0.25, -0.2) is 0 Å². The highest BCUT2D eigenvalue weighted by Crippen LogP contribution is 2.39. The summed E-state index contributed by atoms with van der Waals surface area (Å²) in [5, 5.41) is 39.8. The first-order valence-electron chi connectivity index (χ1n) is 16.9. The number of aryl methyl sites for hydroxylation is 5. The number of benzene rings is 3. The molecular weight excluding hydrogens is 576 g/mol. The first-order chi connectivity index (χ1) is 21.6. The van der Waals surface area contributed by atoms with E-state index in [1.807, 2.05) is 39.8 Å². The fraction of sp³-hybridized carbons (Fsp3) is 0.525. The lowest BCUT2D eigenvalue weighted by molar-refractivity contribution is -0.143. The van der Waals surface area contributed by atoms with E-state index < -0.39 is 0 Å². The van der Waals surface area contributed by atoms with Crippen molar-refractivity contribution >= 4 is 5.97 Å². The molecule has 0 fully saturated rings. The van der Waals surface area contributed by atoms with Crippen molar-refractivity contribution in [3.63, 3.8) is 0 Å². The van der Waals surface area contributed by atoms with Gasteiger partial charge in [0.2, 0.25) is 0 Å². The second kappa shape index (κ2) is 17.9. The van der Waals surface area contributed by atoms with Gasteiger partial charge in [-0.15, -0.1) is 0 Å². The topological polar surface area (TPSA) is 107 Å². The van der Waals surface area contributed by atoms with Crippen LogP contribution < -0.4 is 0 Å². The summed E-state index contributed by atoms with van der Waals surface area (Å²) >= 11 is 0. The second-order valence-corrected chi connectivity index (χ2v) is 13.5. The van der Waals surface area contributed by atoms with Gasteiger partial charge in [0.05, 0.1) is 6.61 Å². The molecule has 0 aliphatic rings. The second-order valence-electron chi connectivity index (χ2n) is 13.5. The number of aromatic hydroxyl groups is 4. The smallest absolute Gasteiger partial charge is 0.305 e. The van der Waals surface area contributed by atoms with Gasteiger partial charge in [-0.1, -0.05) is 65.5 Å². The Bertz CT molecular complexity index is 1380. The molecule has 0 saturated carbocycles. The lowest BCUT2D eigenvalue weighted by Crippen LogP contribution is -2.18. The zero-order chi connectivity index (χ0) is 34.6. The Balaban J connectivity index is 0.000000321. The Morgan fingerprint density at radius 1 is 0.652 bits per heavy atom. The summed E-state index contributed by atoms with van der Waals surface area (Å²) in [5.41, 5.74) is 7.63. The average molecular weight is 635 g/mol. The van der Waals surface area contributed by atoms with E-state index in [1.165, 1.54) is 24.0 Å². The molecule has 3 rings (SSSR count). The number of carbonyl (C=O) groups excluding carboxylic acids is 1. The van der Waals surface area contributed by atoms with Gasteiger partial charge in [0.1, 0.15) is 23.0 Å². The molecule has 6 heteroatoms. The molecule has 0 amide bonds. The van der Waals surface area contributed by atoms with Crippen molar-refractivity contribution in [2.75, 3.05) is 6.61 Å². The fourth-order valence-corrected chi connectivity index (χ4v) is 5.98. The first kappa shape index (κ1) is 38.5. The number of unbranched alkanes of at least 4 members (excludes halogenated alkanes) is 3. The standard InChI is InChI=1S/C20H32O4.C20H26O2/c1-5-6-7-8-12-24-19(23)10-9-11-20(3,4)16-14-17(21)15(2)13-18(16)22;1-6-7-16(17-8-14(4)19(21)10-12(17)2)18-9-15(5)20(22)11-13(18)3/h13-14,21-22H,5-12H2,1-4H3;8-11,16,21-22H,6-7H2,1-5H3. The van der Waals surface area contributed by atoms with Crippen molar-refractivity contribution in [3.05, 3.63) is 80.9 Å². The van der Waals surface area contributed by atoms with Crippen LogP contribution in [0.1, 0.15) is 136 Å². The van der Waals surface area contributed by atoms with E-state index in [0.717, 1.165) is 54.4 Å². The largest absolute Gasteiger partial charge is 0.508 e. The van der Waals surface area contributed by atoms with Gasteiger partial charge >= 0.3 is 5.97 Å². The van der Waals surface area contributed by atoms with Gasteiger partial charge in [-0.3, -0.25) is 4.79 Å². The summed E-state index contributed by atoms with van der Waals surface area (Å²) in [6.07, 6.45) is 8.33. The van der Waals surface area contributed by atoms with Crippen LogP contribution in [0.4, 0.5) is 0 Å². The third kappa shape index (κ3) is 11.0. The molecule has 4 N–H and O–H groups in total. The van der Waals surface area contributed by atoms with Crippen LogP contribution in [-0.4, -0.2) is 33.0 Å². The van der Waals surface area contributed by atoms with Crippen molar-refractivity contribution in [1.82, 2.24) is 0 Å². The monoisotopic (exact) mass is 634 g/mol. The van der Waals surface area contributed by atoms with Crippen molar-refractivity contribution in [2.24, 2.45) is 0 Å². The third-order valence-electron chi connectivity index (χ3n) is 8.98. The van der Waals surface area contributed by atoms with Crippen LogP contribution >= 0.6 is 0 Å². The van der Waals surface area contributed by atoms with E-state index in [2.05, 4.69) is 39.8 Å². The predicted molar refractivity (Wildman–Crippen MR) is 188 cm³/mol. The highest BCUT2D eigenvalue weighted by Gasteiger charge is 2.25. The van der Waals surface area contributed by atoms with E-state index in [0.29, 0.717) is 48.0 Å². The molecule has 0 saturated heterocycles. The molecule has 0 bridgehead atoms. The minimum atomic E-state index is -0.323. The number of esters is 1. The summed E-state index contributed by atoms with van der Waals surface area (Å²) in [6.45, 7) is 18.6. The summed E-state index contributed by atoms with van der Waals surface area (Å²) < 4.78 is 5.24. The van der Waals surface area contributed by atoms with Crippen LogP contribution in [0.25, 0.3) is 0 Å². The Kier molecular flexibility index (Phi) is 15.0. The van der Waals surface area contributed by atoms with Crippen molar-refractivity contribution in [2.45, 2.75) is 131 Å². The van der Waals surface area contributed by atoms with Crippen molar-refractivity contribution in [3.8, 4) is 23.0 Å². The molecule has 0 aliphatic heterocycles. The molecule has 46 heavy (non-hydrogen) atoms. The molecule has 3 aromatic rings. The minimum Gasteiger partial charge on any atom is -0.508 e. The molecule has 0 aromatic heterocycles. The van der Waals surface area contributed by atoms with Gasteiger partial charge in [0.25, 0.3) is 0 Å². The lowest BCUT2D eigenvalue weighted by atomic mass is 9.79. The number of phenols is 4. The molecule has 0 heterocycles. The zero-order valence-electron chi connectivity index (χ0n) is 29.7. The minimum absolute atomic E-state index is 0.154. The Labute approximate surface area is 277 Å². The van der Waals surface area contributed by atoms with Crippen molar-refractivity contribution < 1.29 is 30.0 Å². The maximum absolute atomic E-state index is 11.8. The van der Waals surface area contributed by atoms with Gasteiger partial charge in [-0.05, 0) is 129 Å². The Hall–Kier alpha value is -3.67. The highest BCUT2D eigenvalue weighted by molar-refractivity contribution is 5.69. The van der Waals surface area contributed by atoms with Gasteiger partial charge < -0.3 is 25.2 Å². The lowest BCUT2D eigenvalue weighted by Gasteiger charge is -2.26. The molecule has 0 atom stereocenters. The van der Waals surface area contributed by atoms with E-state index in [1.54, 1.807) is 19.1 Å². The Morgan fingerprint density at radius 2 is 1.15 bits per heavy atom. The average Bonchev–Trinajstić information content (AvgIpc) is 2.98. The van der Waals surface area contributed by atoms with Crippen LogP contribution in [0.3, 0.4) is 0 Å². The molecular formula is C40H58O6. The number of phenolic OH excluding ortho intramolecular Hbond substituents is 4. The van der Waals surface area contributed by atoms with Crippen LogP contribution in [0.5, 0.6) is 23.0 Å². The first-order valence-corrected chi connectivity index (χ1v) is 16.9. The zero-order valence-corrected chi connectivity index (χ0v) is 29.7. The molecule has 0 aliphatic carbocycles. The van der Waals surface area contributed by atoms with Gasteiger partial charge in [-0.2, -0.15) is 0 Å². The summed E-state index contributed by atoms with van der Waals surface area (Å²) in [5.74, 6) is 1.23. The maximum atomic E-state index is 11.8. The number of carbonyl (C=O) groups is 1. The van der Waals surface area contributed by atoms with Gasteiger partial charge in [0, 0.05) is 17.9 Å². The summed E-state index contributed by atoms with van der Waals surface area (Å²) in [7, 11) is 0. The quantitative estimate of drug-likeness (QED) is 0.0798. The molecule has 6 nitrogen and oxygen atoms in total. The summed E-state index contributed by atoms with van der Waals surface area (Å²) in [4.78, 5) is 11.8. The molecule has 0 radical (unpaired) electrons. The number of hydrogen-bond acceptors (Lipinski definition) is 6. The van der Waals surface area contributed by atoms with E-state index in [9.17, 15) is 25.2 Å². The number of rotatable bonds is 14. The van der Waals surface area contributed by atoms with Crippen LogP contribution in [-0.2, 0) is 14.9 Å². The normalized spacial score (nSPS) is 11.3. The van der Waals surface area contributed by atoms with E-state index in [4.69, 9.17) is 4.74 Å². The van der Waals surface area contributed by atoms with Crippen LogP contribution in [0.15, 0.2) is 36.4 Å². The molecule has 0 unspecified atom stereocenters. The van der Waals surface area contributed by atoms with Crippen molar-refractivity contribution in [1.29, 1.82) is 0 Å². The summed E-state index contributed by atoms with van der Waals surface area (Å²) in [6, 6.07) is 11.1. The fourth-order valence-electron chi connectivity index (χ4n) is 5.98. The van der Waals surface area contributed by atoms with E-state index in [-0.39, 0.29) is 22.9 Å².